The highest BCUT2D eigenvalue weighted by Gasteiger charge is 2.08. The number of nitrogens with one attached hydrogen (secondary N) is 2. The summed E-state index contributed by atoms with van der Waals surface area (Å²) in [4.78, 5) is 22.5. The van der Waals surface area contributed by atoms with Crippen LogP contribution >= 0.6 is 15.9 Å². The largest absolute Gasteiger partial charge is 0.368 e. The van der Waals surface area contributed by atoms with Crippen LogP contribution in [0.25, 0.3) is 0 Å². The van der Waals surface area contributed by atoms with Crippen LogP contribution in [0.15, 0.2) is 41.1 Å². The molecule has 0 bridgehead atoms. The first-order valence-corrected chi connectivity index (χ1v) is 7.61. The molecule has 2 aromatic rings. The molecule has 1 aromatic heterocycles. The van der Waals surface area contributed by atoms with Crippen LogP contribution < -0.4 is 10.6 Å². The molecular formula is C15H18BrN5O. The maximum Gasteiger partial charge on any atom is 0.275 e. The zero-order valence-electron chi connectivity index (χ0n) is 12.5. The van der Waals surface area contributed by atoms with E-state index in [4.69, 9.17) is 0 Å². The number of nitrogens with zero attached hydrogens (tertiary/aromatic N) is 3. The van der Waals surface area contributed by atoms with Gasteiger partial charge in [-0.3, -0.25) is 4.79 Å². The predicted molar refractivity (Wildman–Crippen MR) is 91.2 cm³/mol. The fraction of sp³-hybridized carbons (Fsp3) is 0.267. The minimum Gasteiger partial charge on any atom is -0.368 e. The normalized spacial score (nSPS) is 10.5. The number of likely N-dealkylation sites (N-methyl/N-ethyl adjacent to an activating group) is 1. The second-order valence-corrected chi connectivity index (χ2v) is 5.90. The van der Waals surface area contributed by atoms with E-state index in [9.17, 15) is 4.79 Å². The second-order valence-electron chi connectivity index (χ2n) is 4.98. The van der Waals surface area contributed by atoms with Gasteiger partial charge in [0.25, 0.3) is 5.91 Å². The van der Waals surface area contributed by atoms with Crippen LogP contribution in [-0.2, 0) is 0 Å². The van der Waals surface area contributed by atoms with Gasteiger partial charge in [0.05, 0.1) is 12.4 Å². The summed E-state index contributed by atoms with van der Waals surface area (Å²) in [5, 5.41) is 5.92. The molecule has 0 saturated heterocycles. The van der Waals surface area contributed by atoms with E-state index in [1.165, 1.54) is 6.20 Å². The van der Waals surface area contributed by atoms with Gasteiger partial charge in [-0.05, 0) is 32.3 Å². The minimum atomic E-state index is -0.287. The Hall–Kier alpha value is -1.99. The molecule has 116 valence electrons. The van der Waals surface area contributed by atoms with Gasteiger partial charge in [-0.15, -0.1) is 0 Å². The maximum atomic E-state index is 12.1. The van der Waals surface area contributed by atoms with Crippen LogP contribution in [0.2, 0.25) is 0 Å². The monoisotopic (exact) mass is 363 g/mol. The van der Waals surface area contributed by atoms with Gasteiger partial charge in [0.1, 0.15) is 11.5 Å². The smallest absolute Gasteiger partial charge is 0.275 e. The summed E-state index contributed by atoms with van der Waals surface area (Å²) >= 11 is 3.36. The van der Waals surface area contributed by atoms with E-state index in [-0.39, 0.29) is 11.6 Å². The number of anilines is 2. The number of halogens is 1. The molecule has 0 fully saturated rings. The third-order valence-electron chi connectivity index (χ3n) is 2.83. The first-order valence-electron chi connectivity index (χ1n) is 6.82. The molecule has 1 aromatic carbocycles. The maximum absolute atomic E-state index is 12.1. The third-order valence-corrected chi connectivity index (χ3v) is 3.33. The molecule has 2 N–H and O–H groups in total. The van der Waals surface area contributed by atoms with Crippen LogP contribution in [0.5, 0.6) is 0 Å². The number of benzene rings is 1. The molecule has 0 unspecified atom stereocenters. The first kappa shape index (κ1) is 16.4. The number of amides is 1. The summed E-state index contributed by atoms with van der Waals surface area (Å²) in [6.07, 6.45) is 3.02. The van der Waals surface area contributed by atoms with Gasteiger partial charge >= 0.3 is 0 Å². The van der Waals surface area contributed by atoms with Crippen molar-refractivity contribution < 1.29 is 4.79 Å². The highest BCUT2D eigenvalue weighted by atomic mass is 79.9. The van der Waals surface area contributed by atoms with E-state index in [1.807, 2.05) is 38.4 Å². The highest BCUT2D eigenvalue weighted by molar-refractivity contribution is 9.10. The molecule has 0 aliphatic heterocycles. The van der Waals surface area contributed by atoms with Gasteiger partial charge in [0.15, 0.2) is 0 Å². The van der Waals surface area contributed by atoms with E-state index in [1.54, 1.807) is 6.20 Å². The van der Waals surface area contributed by atoms with Crippen LogP contribution in [0.4, 0.5) is 11.5 Å². The lowest BCUT2D eigenvalue weighted by molar-refractivity contribution is 0.102. The van der Waals surface area contributed by atoms with Crippen molar-refractivity contribution >= 4 is 33.3 Å². The van der Waals surface area contributed by atoms with Gasteiger partial charge in [0, 0.05) is 23.2 Å². The van der Waals surface area contributed by atoms with Crippen molar-refractivity contribution in [3.05, 3.63) is 46.8 Å². The Kier molecular flexibility index (Phi) is 5.85. The van der Waals surface area contributed by atoms with E-state index >= 15 is 0 Å². The molecule has 0 saturated carbocycles. The Morgan fingerprint density at radius 1 is 1.27 bits per heavy atom. The molecule has 0 atom stereocenters. The Bertz CT molecular complexity index is 630. The van der Waals surface area contributed by atoms with Crippen molar-refractivity contribution in [3.63, 3.8) is 0 Å². The molecule has 6 nitrogen and oxygen atoms in total. The summed E-state index contributed by atoms with van der Waals surface area (Å²) in [5.74, 6) is 0.367. The average Bonchev–Trinajstić information content (AvgIpc) is 2.47. The lowest BCUT2D eigenvalue weighted by Crippen LogP contribution is -2.21. The van der Waals surface area contributed by atoms with Crippen molar-refractivity contribution in [1.82, 2.24) is 14.9 Å². The summed E-state index contributed by atoms with van der Waals surface area (Å²) in [6, 6.07) is 7.38. The number of rotatable bonds is 6. The van der Waals surface area contributed by atoms with Crippen LogP contribution in [0.1, 0.15) is 10.5 Å². The van der Waals surface area contributed by atoms with E-state index in [2.05, 4.69) is 41.4 Å². The standard InChI is InChI=1S/C15H18BrN5O/c1-21(2)7-6-17-14-10-18-13(9-19-14)15(22)20-12-5-3-4-11(16)8-12/h3-5,8-10H,6-7H2,1-2H3,(H,17,19)(H,20,22). The zero-order valence-corrected chi connectivity index (χ0v) is 14.1. The van der Waals surface area contributed by atoms with Crippen molar-refractivity contribution in [3.8, 4) is 0 Å². The molecular weight excluding hydrogens is 346 g/mol. The fourth-order valence-corrected chi connectivity index (χ4v) is 2.10. The highest BCUT2D eigenvalue weighted by Crippen LogP contribution is 2.16. The first-order chi connectivity index (χ1) is 10.5. The molecule has 7 heteroatoms. The zero-order chi connectivity index (χ0) is 15.9. The number of carbonyl (C=O) groups is 1. The number of hydrogen-bond acceptors (Lipinski definition) is 5. The van der Waals surface area contributed by atoms with Crippen LogP contribution in [0, 0.1) is 0 Å². The molecule has 1 heterocycles. The van der Waals surface area contributed by atoms with Gasteiger partial charge in [-0.2, -0.15) is 0 Å². The molecule has 0 aliphatic rings. The summed E-state index contributed by atoms with van der Waals surface area (Å²) in [6.45, 7) is 1.66. The Morgan fingerprint density at radius 3 is 2.73 bits per heavy atom. The minimum absolute atomic E-state index is 0.276. The topological polar surface area (TPSA) is 70.2 Å². The van der Waals surface area contributed by atoms with E-state index < -0.39 is 0 Å². The van der Waals surface area contributed by atoms with E-state index in [0.29, 0.717) is 11.5 Å². The SMILES string of the molecule is CN(C)CCNc1cnc(C(=O)Nc2cccc(Br)c2)cn1. The predicted octanol–water partition coefficient (Wildman–Crippen LogP) is 2.46. The summed E-state index contributed by atoms with van der Waals surface area (Å²) in [7, 11) is 4.01. The van der Waals surface area contributed by atoms with E-state index in [0.717, 1.165) is 17.6 Å². The van der Waals surface area contributed by atoms with Gasteiger partial charge in [-0.25, -0.2) is 9.97 Å². The van der Waals surface area contributed by atoms with Crippen molar-refractivity contribution in [1.29, 1.82) is 0 Å². The fourth-order valence-electron chi connectivity index (χ4n) is 1.71. The van der Waals surface area contributed by atoms with Crippen molar-refractivity contribution in [2.45, 2.75) is 0 Å². The molecule has 0 radical (unpaired) electrons. The Morgan fingerprint density at radius 2 is 2.09 bits per heavy atom. The number of carbonyl (C=O) groups excluding carboxylic acids is 1. The lowest BCUT2D eigenvalue weighted by atomic mass is 10.3. The van der Waals surface area contributed by atoms with Gasteiger partial charge < -0.3 is 15.5 Å². The van der Waals surface area contributed by atoms with Crippen molar-refractivity contribution in [2.75, 3.05) is 37.8 Å². The number of hydrogen-bond donors (Lipinski definition) is 2. The molecule has 22 heavy (non-hydrogen) atoms. The molecule has 0 spiro atoms. The summed E-state index contributed by atoms with van der Waals surface area (Å²) < 4.78 is 0.900. The van der Waals surface area contributed by atoms with Crippen molar-refractivity contribution in [2.24, 2.45) is 0 Å². The lowest BCUT2D eigenvalue weighted by Gasteiger charge is -2.10. The molecule has 0 aliphatic carbocycles. The van der Waals surface area contributed by atoms with Gasteiger partial charge in [0.2, 0.25) is 0 Å². The third kappa shape index (κ3) is 5.09. The molecule has 2 rings (SSSR count). The number of aromatic nitrogens is 2. The Balaban J connectivity index is 1.93. The summed E-state index contributed by atoms with van der Waals surface area (Å²) in [5.41, 5.74) is 0.979. The Labute approximate surface area is 138 Å². The van der Waals surface area contributed by atoms with Crippen LogP contribution in [-0.4, -0.2) is 48.0 Å². The second kappa shape index (κ2) is 7.86. The quantitative estimate of drug-likeness (QED) is 0.824. The molecule has 1 amide bonds. The average molecular weight is 364 g/mol. The van der Waals surface area contributed by atoms with Crippen LogP contribution in [0.3, 0.4) is 0 Å². The van der Waals surface area contributed by atoms with Gasteiger partial charge in [-0.1, -0.05) is 22.0 Å².